The first-order valence-corrected chi connectivity index (χ1v) is 22.1. The van der Waals surface area contributed by atoms with Gasteiger partial charge in [0.1, 0.15) is 0 Å². The van der Waals surface area contributed by atoms with Crippen molar-refractivity contribution in [2.45, 2.75) is 153 Å². The second-order valence-electron chi connectivity index (χ2n) is 12.0. The molecule has 7 atom stereocenters. The molecule has 3 nitrogen and oxygen atoms in total. The number of hydrogen-bond acceptors (Lipinski definition) is 3. The molecule has 0 unspecified atom stereocenters. The number of unbranched alkanes of at least 4 members (excludes halogenated alkanes) is 3. The van der Waals surface area contributed by atoms with Crippen molar-refractivity contribution in [2.24, 2.45) is 17.8 Å². The van der Waals surface area contributed by atoms with Crippen molar-refractivity contribution < 1.29 is 14.9 Å². The number of ether oxygens (including phenoxy) is 1. The van der Waals surface area contributed by atoms with Crippen LogP contribution in [0.3, 0.4) is 0 Å². The Morgan fingerprint density at radius 1 is 0.906 bits per heavy atom. The molecule has 0 spiro atoms. The average molecular weight is 557 g/mol. The summed E-state index contributed by atoms with van der Waals surface area (Å²) in [5.74, 6) is 0.589. The first kappa shape index (κ1) is 27.3. The maximum absolute atomic E-state index is 11.8. The summed E-state index contributed by atoms with van der Waals surface area (Å²) < 4.78 is 12.2. The fourth-order valence-corrected chi connectivity index (χ4v) is 27.5. The fraction of sp³-hybridized carbons (Fsp3) is 1.00. The van der Waals surface area contributed by atoms with E-state index in [1.54, 1.807) is 0 Å². The number of fused-ring (bicyclic) bond motifs is 2. The molecule has 2 aliphatic heterocycles. The molecule has 0 amide bonds. The van der Waals surface area contributed by atoms with Crippen molar-refractivity contribution in [1.29, 1.82) is 0 Å². The molecule has 0 aromatic heterocycles. The van der Waals surface area contributed by atoms with E-state index >= 15 is 0 Å². The standard InChI is InChI=1S/C16H27O3.3C4H9.Sn/c1-10-13-8-9-16(19-13,11(2)14(10)17)15(18)12-6-4-3-5-7-12;3*1-3-4-2;/h8,10-15,17-18H,3-7,9H2,1-2H3;3*1,3-4H2,2H3;/t10-,11-,13-,14-,15+,16-;;;;/m1..../s1. The first-order chi connectivity index (χ1) is 15.4. The third-order valence-corrected chi connectivity index (χ3v) is 27.7. The zero-order valence-electron chi connectivity index (χ0n) is 22.0. The van der Waals surface area contributed by atoms with Gasteiger partial charge in [-0.2, -0.15) is 0 Å². The normalized spacial score (nSPS) is 37.0. The topological polar surface area (TPSA) is 49.7 Å². The molecular weight excluding hydrogens is 503 g/mol. The van der Waals surface area contributed by atoms with Crippen molar-refractivity contribution in [3.8, 4) is 0 Å². The van der Waals surface area contributed by atoms with Gasteiger partial charge in [0, 0.05) is 0 Å². The molecule has 0 aromatic carbocycles. The predicted octanol–water partition coefficient (Wildman–Crippen LogP) is 7.32. The molecule has 32 heavy (non-hydrogen) atoms. The fourth-order valence-electron chi connectivity index (χ4n) is 7.94. The molecule has 4 heteroatoms. The number of aliphatic hydroxyl groups is 2. The van der Waals surface area contributed by atoms with E-state index in [1.165, 1.54) is 71.1 Å². The maximum atomic E-state index is 11.8. The van der Waals surface area contributed by atoms with Gasteiger partial charge in [-0.25, -0.2) is 0 Å². The second-order valence-corrected chi connectivity index (χ2v) is 26.2. The van der Waals surface area contributed by atoms with E-state index in [0.29, 0.717) is 9.85 Å². The van der Waals surface area contributed by atoms with Crippen molar-refractivity contribution in [3.63, 3.8) is 0 Å². The summed E-state index contributed by atoms with van der Waals surface area (Å²) in [5, 5.41) is 23.2. The zero-order valence-corrected chi connectivity index (χ0v) is 24.8. The Labute approximate surface area is 203 Å². The summed E-state index contributed by atoms with van der Waals surface area (Å²) >= 11 is -2.57. The molecule has 2 bridgehead atoms. The SMILES string of the molecule is CCC[CH2][Sn]([CH2]CCC)([CH2]CCC)[C@@H]1C[C@@]2([C@@H](O)C3CCCCC3)O[C@H]1[C@@H](C)[C@@H](O)[C@H]2C. The van der Waals surface area contributed by atoms with Crippen LogP contribution in [-0.2, 0) is 4.74 Å². The molecule has 3 fully saturated rings. The summed E-state index contributed by atoms with van der Waals surface area (Å²) in [5.41, 5.74) is -0.504. The average Bonchev–Trinajstić information content (AvgIpc) is 3.21. The molecule has 2 heterocycles. The van der Waals surface area contributed by atoms with Gasteiger partial charge in [0.2, 0.25) is 0 Å². The van der Waals surface area contributed by atoms with Gasteiger partial charge < -0.3 is 0 Å². The summed E-state index contributed by atoms with van der Waals surface area (Å²) in [4.78, 5) is 0. The van der Waals surface area contributed by atoms with E-state index in [1.807, 2.05) is 0 Å². The van der Waals surface area contributed by atoms with Gasteiger partial charge in [-0.1, -0.05) is 0 Å². The Bertz CT molecular complexity index is 541. The van der Waals surface area contributed by atoms with Crippen molar-refractivity contribution >= 4 is 18.4 Å². The van der Waals surface area contributed by atoms with Crippen LogP contribution in [0.15, 0.2) is 0 Å². The molecule has 3 aliphatic rings. The van der Waals surface area contributed by atoms with E-state index < -0.39 is 30.1 Å². The Morgan fingerprint density at radius 2 is 1.44 bits per heavy atom. The van der Waals surface area contributed by atoms with Gasteiger partial charge >= 0.3 is 204 Å². The van der Waals surface area contributed by atoms with Crippen LogP contribution in [0, 0.1) is 17.8 Å². The third kappa shape index (κ3) is 5.26. The Balaban J connectivity index is 1.98. The molecule has 0 radical (unpaired) electrons. The number of rotatable bonds is 12. The molecule has 0 aromatic rings. The monoisotopic (exact) mass is 558 g/mol. The summed E-state index contributed by atoms with van der Waals surface area (Å²) in [6.45, 7) is 11.5. The zero-order chi connectivity index (χ0) is 23.4. The molecule has 1 aliphatic carbocycles. The van der Waals surface area contributed by atoms with Crippen LogP contribution in [0.4, 0.5) is 0 Å². The Kier molecular flexibility index (Phi) is 10.3. The molecule has 2 saturated heterocycles. The van der Waals surface area contributed by atoms with Crippen LogP contribution >= 0.6 is 0 Å². The van der Waals surface area contributed by atoms with E-state index in [9.17, 15) is 10.2 Å². The van der Waals surface area contributed by atoms with Gasteiger partial charge in [0.05, 0.1) is 0 Å². The van der Waals surface area contributed by atoms with Crippen molar-refractivity contribution in [2.75, 3.05) is 0 Å². The van der Waals surface area contributed by atoms with Gasteiger partial charge in [0.25, 0.3) is 0 Å². The molecule has 3 rings (SSSR count). The van der Waals surface area contributed by atoms with Crippen LogP contribution in [0.2, 0.25) is 17.2 Å². The van der Waals surface area contributed by atoms with Gasteiger partial charge in [-0.3, -0.25) is 0 Å². The molecule has 188 valence electrons. The Hall–Kier alpha value is 0.679. The van der Waals surface area contributed by atoms with Crippen LogP contribution < -0.4 is 0 Å². The minimum absolute atomic E-state index is 0.0307. The first-order valence-electron chi connectivity index (χ1n) is 14.4. The molecule has 2 N–H and O–H groups in total. The van der Waals surface area contributed by atoms with Gasteiger partial charge in [-0.05, 0) is 0 Å². The number of aliphatic hydroxyl groups excluding tert-OH is 2. The van der Waals surface area contributed by atoms with E-state index in [4.69, 9.17) is 4.74 Å². The van der Waals surface area contributed by atoms with E-state index in [-0.39, 0.29) is 24.0 Å². The van der Waals surface area contributed by atoms with Crippen LogP contribution in [0.25, 0.3) is 0 Å². The quantitative estimate of drug-likeness (QED) is 0.247. The third-order valence-electron chi connectivity index (χ3n) is 10.1. The summed E-state index contributed by atoms with van der Waals surface area (Å²) in [6, 6.07) is 0. The van der Waals surface area contributed by atoms with Crippen LogP contribution in [-0.4, -0.2) is 52.5 Å². The van der Waals surface area contributed by atoms with Crippen LogP contribution in [0.1, 0.15) is 112 Å². The van der Waals surface area contributed by atoms with Crippen molar-refractivity contribution in [3.05, 3.63) is 0 Å². The van der Waals surface area contributed by atoms with E-state index in [2.05, 4.69) is 34.6 Å². The van der Waals surface area contributed by atoms with E-state index in [0.717, 1.165) is 19.3 Å². The predicted molar refractivity (Wildman–Crippen MR) is 138 cm³/mol. The number of hydrogen-bond donors (Lipinski definition) is 2. The Morgan fingerprint density at radius 3 is 1.94 bits per heavy atom. The van der Waals surface area contributed by atoms with Crippen LogP contribution in [0.5, 0.6) is 0 Å². The second kappa shape index (κ2) is 12.1. The summed E-state index contributed by atoms with van der Waals surface area (Å²) in [6.07, 6.45) is 14.5. The van der Waals surface area contributed by atoms with Gasteiger partial charge in [0.15, 0.2) is 0 Å². The molecular formula is C28H54O3Sn. The molecule has 1 saturated carbocycles. The van der Waals surface area contributed by atoms with Gasteiger partial charge in [-0.15, -0.1) is 0 Å². The summed E-state index contributed by atoms with van der Waals surface area (Å²) in [7, 11) is 0. The van der Waals surface area contributed by atoms with Crippen molar-refractivity contribution in [1.82, 2.24) is 0 Å². The minimum atomic E-state index is -2.57.